The van der Waals surface area contributed by atoms with Gasteiger partial charge in [-0.05, 0) is 24.7 Å². The third-order valence-corrected chi connectivity index (χ3v) is 4.73. The van der Waals surface area contributed by atoms with Gasteiger partial charge in [0.25, 0.3) is 0 Å². The first-order chi connectivity index (χ1) is 8.02. The second-order valence-electron chi connectivity index (χ2n) is 6.91. The van der Waals surface area contributed by atoms with Gasteiger partial charge in [0.1, 0.15) is 0 Å². The minimum Gasteiger partial charge on any atom is -0.381 e. The Morgan fingerprint density at radius 3 is 2.00 bits per heavy atom. The lowest BCUT2D eigenvalue weighted by Gasteiger charge is -2.42. The summed E-state index contributed by atoms with van der Waals surface area (Å²) in [6.45, 7) is 6.08. The first-order valence-electron chi connectivity index (χ1n) is 6.83. The van der Waals surface area contributed by atoms with Crippen LogP contribution in [0.1, 0.15) is 39.5 Å². The Hall–Kier alpha value is -0.120. The van der Waals surface area contributed by atoms with Crippen molar-refractivity contribution in [3.8, 4) is 0 Å². The first kappa shape index (κ1) is 11.9. The van der Waals surface area contributed by atoms with Crippen LogP contribution in [-0.2, 0) is 14.2 Å². The van der Waals surface area contributed by atoms with Crippen LogP contribution in [0, 0.1) is 17.3 Å². The molecule has 0 radical (unpaired) electrons. The van der Waals surface area contributed by atoms with Crippen molar-refractivity contribution in [2.24, 2.45) is 17.3 Å². The van der Waals surface area contributed by atoms with Crippen molar-refractivity contribution in [2.45, 2.75) is 51.4 Å². The molecule has 2 saturated carbocycles. The zero-order valence-corrected chi connectivity index (χ0v) is 11.2. The first-order valence-corrected chi connectivity index (χ1v) is 6.83. The Kier molecular flexibility index (Phi) is 2.77. The monoisotopic (exact) mass is 240 g/mol. The van der Waals surface area contributed by atoms with Crippen LogP contribution in [-0.4, -0.2) is 32.2 Å². The molecule has 17 heavy (non-hydrogen) atoms. The van der Waals surface area contributed by atoms with Gasteiger partial charge in [-0.25, -0.2) is 0 Å². The molecule has 3 nitrogen and oxygen atoms in total. The summed E-state index contributed by atoms with van der Waals surface area (Å²) in [5.41, 5.74) is 0.179. The maximum Gasteiger partial charge on any atom is 0.168 e. The summed E-state index contributed by atoms with van der Waals surface area (Å²) in [7, 11) is 1.83. The fraction of sp³-hybridized carbons (Fsp3) is 1.00. The molecule has 0 aromatic rings. The Morgan fingerprint density at radius 2 is 1.53 bits per heavy atom. The summed E-state index contributed by atoms with van der Waals surface area (Å²) < 4.78 is 17.6. The van der Waals surface area contributed by atoms with E-state index in [9.17, 15) is 0 Å². The molecule has 0 amide bonds. The summed E-state index contributed by atoms with van der Waals surface area (Å²) >= 11 is 0. The third kappa shape index (κ3) is 2.13. The standard InChI is InChI=1S/C14H24O3/c1-13(2)8-16-14(17-9-13)6-10-4-12(15-3)5-11(10)7-14/h10-12H,4-9H2,1-3H3/t10-,11+,12+. The van der Waals surface area contributed by atoms with Crippen LogP contribution < -0.4 is 0 Å². The van der Waals surface area contributed by atoms with Crippen molar-refractivity contribution in [1.82, 2.24) is 0 Å². The van der Waals surface area contributed by atoms with E-state index >= 15 is 0 Å². The SMILES string of the molecule is CO[C@H]1C[C@@H]2CC3(C[C@@H]2C1)OCC(C)(C)CO3. The van der Waals surface area contributed by atoms with Crippen molar-refractivity contribution < 1.29 is 14.2 Å². The fourth-order valence-corrected chi connectivity index (χ4v) is 3.70. The molecular formula is C14H24O3. The van der Waals surface area contributed by atoms with Gasteiger partial charge < -0.3 is 14.2 Å². The molecule has 1 saturated heterocycles. The molecule has 1 spiro atoms. The number of ether oxygens (including phenoxy) is 3. The molecular weight excluding hydrogens is 216 g/mol. The summed E-state index contributed by atoms with van der Waals surface area (Å²) in [6, 6.07) is 0. The van der Waals surface area contributed by atoms with Gasteiger partial charge in [-0.1, -0.05) is 13.8 Å². The number of methoxy groups -OCH3 is 1. The van der Waals surface area contributed by atoms with Crippen LogP contribution >= 0.6 is 0 Å². The highest BCUT2D eigenvalue weighted by atomic mass is 16.7. The van der Waals surface area contributed by atoms with E-state index in [1.54, 1.807) is 0 Å². The van der Waals surface area contributed by atoms with Crippen molar-refractivity contribution in [3.63, 3.8) is 0 Å². The van der Waals surface area contributed by atoms with Crippen LogP contribution in [0.25, 0.3) is 0 Å². The summed E-state index contributed by atoms with van der Waals surface area (Å²) in [5.74, 6) is 1.26. The van der Waals surface area contributed by atoms with Crippen LogP contribution in [0.3, 0.4) is 0 Å². The van der Waals surface area contributed by atoms with Gasteiger partial charge in [-0.3, -0.25) is 0 Å². The zero-order valence-electron chi connectivity index (χ0n) is 11.2. The minimum atomic E-state index is -0.246. The molecule has 0 bridgehead atoms. The molecule has 3 aliphatic rings. The Labute approximate surface area is 104 Å². The summed E-state index contributed by atoms with van der Waals surface area (Å²) in [4.78, 5) is 0. The quantitative estimate of drug-likeness (QED) is 0.705. The van der Waals surface area contributed by atoms with Gasteiger partial charge in [0, 0.05) is 25.4 Å². The van der Waals surface area contributed by atoms with Crippen LogP contribution in [0.2, 0.25) is 0 Å². The van der Waals surface area contributed by atoms with Crippen LogP contribution in [0.5, 0.6) is 0 Å². The highest BCUT2D eigenvalue weighted by Crippen LogP contribution is 2.53. The van der Waals surface area contributed by atoms with Gasteiger partial charge in [0.05, 0.1) is 19.3 Å². The van der Waals surface area contributed by atoms with E-state index in [0.717, 1.165) is 37.9 Å². The lowest BCUT2D eigenvalue weighted by atomic mass is 9.94. The fourth-order valence-electron chi connectivity index (χ4n) is 3.70. The molecule has 0 aromatic carbocycles. The van der Waals surface area contributed by atoms with E-state index in [-0.39, 0.29) is 11.2 Å². The number of rotatable bonds is 1. The Bertz CT molecular complexity index is 274. The Morgan fingerprint density at radius 1 is 1.00 bits per heavy atom. The van der Waals surface area contributed by atoms with Crippen molar-refractivity contribution in [2.75, 3.05) is 20.3 Å². The van der Waals surface area contributed by atoms with Crippen LogP contribution in [0.15, 0.2) is 0 Å². The van der Waals surface area contributed by atoms with Crippen LogP contribution in [0.4, 0.5) is 0 Å². The maximum atomic E-state index is 6.08. The van der Waals surface area contributed by atoms with E-state index in [1.807, 2.05) is 7.11 Å². The highest BCUT2D eigenvalue weighted by molar-refractivity contribution is 4.98. The Balaban J connectivity index is 1.63. The predicted octanol–water partition coefficient (Wildman–Crippen LogP) is 2.59. The van der Waals surface area contributed by atoms with Gasteiger partial charge in [0.2, 0.25) is 0 Å². The molecule has 98 valence electrons. The average molecular weight is 240 g/mol. The van der Waals surface area contributed by atoms with E-state index in [1.165, 1.54) is 12.8 Å². The zero-order chi connectivity index (χ0) is 12.1. The topological polar surface area (TPSA) is 27.7 Å². The smallest absolute Gasteiger partial charge is 0.168 e. The maximum absolute atomic E-state index is 6.08. The van der Waals surface area contributed by atoms with Gasteiger partial charge in [-0.2, -0.15) is 0 Å². The second kappa shape index (κ2) is 3.94. The molecule has 3 rings (SSSR count). The van der Waals surface area contributed by atoms with Crippen molar-refractivity contribution in [3.05, 3.63) is 0 Å². The third-order valence-electron chi connectivity index (χ3n) is 4.73. The lowest BCUT2D eigenvalue weighted by molar-refractivity contribution is -0.297. The van der Waals surface area contributed by atoms with E-state index < -0.39 is 0 Å². The molecule has 0 aromatic heterocycles. The van der Waals surface area contributed by atoms with E-state index in [0.29, 0.717) is 6.10 Å². The molecule has 3 heteroatoms. The van der Waals surface area contributed by atoms with Crippen molar-refractivity contribution >= 4 is 0 Å². The molecule has 2 aliphatic carbocycles. The van der Waals surface area contributed by atoms with Gasteiger partial charge in [0.15, 0.2) is 5.79 Å². The molecule has 0 unspecified atom stereocenters. The molecule has 1 aliphatic heterocycles. The highest BCUT2D eigenvalue weighted by Gasteiger charge is 2.53. The molecule has 0 N–H and O–H groups in total. The molecule has 3 atom stereocenters. The largest absolute Gasteiger partial charge is 0.381 e. The van der Waals surface area contributed by atoms with Crippen molar-refractivity contribution in [1.29, 1.82) is 0 Å². The number of hydrogen-bond donors (Lipinski definition) is 0. The summed E-state index contributed by atoms with van der Waals surface area (Å²) in [6.07, 6.45) is 5.02. The second-order valence-corrected chi connectivity index (χ2v) is 6.91. The normalized spacial score (nSPS) is 42.9. The number of fused-ring (bicyclic) bond motifs is 1. The lowest BCUT2D eigenvalue weighted by Crippen LogP contribution is -2.46. The molecule has 3 fully saturated rings. The van der Waals surface area contributed by atoms with Gasteiger partial charge >= 0.3 is 0 Å². The average Bonchev–Trinajstić information content (AvgIpc) is 2.78. The minimum absolute atomic E-state index is 0.179. The molecule has 1 heterocycles. The summed E-state index contributed by atoms with van der Waals surface area (Å²) in [5, 5.41) is 0. The van der Waals surface area contributed by atoms with Gasteiger partial charge in [-0.15, -0.1) is 0 Å². The van der Waals surface area contributed by atoms with E-state index in [4.69, 9.17) is 14.2 Å². The van der Waals surface area contributed by atoms with E-state index in [2.05, 4.69) is 13.8 Å². The predicted molar refractivity (Wildman–Crippen MR) is 64.7 cm³/mol. The number of hydrogen-bond acceptors (Lipinski definition) is 3.